The van der Waals surface area contributed by atoms with Crippen LogP contribution in [0.3, 0.4) is 0 Å². The largest absolute Gasteiger partial charge is 0.445 e. The number of ether oxygens (including phenoxy) is 1. The van der Waals surface area contributed by atoms with E-state index in [-0.39, 0.29) is 30.6 Å². The zero-order chi connectivity index (χ0) is 13.2. The second-order valence-electron chi connectivity index (χ2n) is 5.17. The summed E-state index contributed by atoms with van der Waals surface area (Å²) in [5.41, 5.74) is 0.962. The predicted molar refractivity (Wildman–Crippen MR) is 69.5 cm³/mol. The fourth-order valence-electron chi connectivity index (χ4n) is 2.79. The van der Waals surface area contributed by atoms with Gasteiger partial charge in [-0.1, -0.05) is 36.8 Å². The Morgan fingerprint density at radius 1 is 1.26 bits per heavy atom. The van der Waals surface area contributed by atoms with Gasteiger partial charge in [0.15, 0.2) is 5.78 Å². The maximum atomic E-state index is 12.0. The first kappa shape index (κ1) is 12.2. The van der Waals surface area contributed by atoms with E-state index in [1.165, 1.54) is 0 Å². The van der Waals surface area contributed by atoms with Crippen LogP contribution in [0.25, 0.3) is 0 Å². The highest BCUT2D eigenvalue weighted by Crippen LogP contribution is 2.37. The number of hydrogen-bond acceptors (Lipinski definition) is 3. The van der Waals surface area contributed by atoms with Crippen LogP contribution >= 0.6 is 0 Å². The second-order valence-corrected chi connectivity index (χ2v) is 5.17. The number of amides is 1. The number of nitrogens with zero attached hydrogens (tertiary/aromatic N) is 1. The number of hydrogen-bond donors (Lipinski definition) is 0. The SMILES string of the molecule is O=C1CCCC[C@H]2[C@@H]1N2C(=O)OCc1ccccc1. The van der Waals surface area contributed by atoms with Gasteiger partial charge in [0.05, 0.1) is 6.04 Å². The van der Waals surface area contributed by atoms with Gasteiger partial charge in [-0.05, 0) is 18.4 Å². The Balaban J connectivity index is 1.56. The summed E-state index contributed by atoms with van der Waals surface area (Å²) in [7, 11) is 0. The van der Waals surface area contributed by atoms with Crippen molar-refractivity contribution in [2.45, 2.75) is 44.4 Å². The van der Waals surface area contributed by atoms with Gasteiger partial charge in [0, 0.05) is 6.42 Å². The number of benzene rings is 1. The molecule has 3 rings (SSSR count). The van der Waals surface area contributed by atoms with E-state index in [0.717, 1.165) is 24.8 Å². The lowest BCUT2D eigenvalue weighted by Crippen LogP contribution is -2.20. The van der Waals surface area contributed by atoms with E-state index in [4.69, 9.17) is 4.74 Å². The van der Waals surface area contributed by atoms with E-state index in [9.17, 15) is 9.59 Å². The number of carbonyl (C=O) groups excluding carboxylic acids is 2. The molecule has 1 aromatic carbocycles. The van der Waals surface area contributed by atoms with Gasteiger partial charge in [-0.3, -0.25) is 9.69 Å². The summed E-state index contributed by atoms with van der Waals surface area (Å²) in [4.78, 5) is 25.4. The molecule has 2 atom stereocenters. The van der Waals surface area contributed by atoms with Crippen LogP contribution in [0.4, 0.5) is 4.79 Å². The topological polar surface area (TPSA) is 46.4 Å². The normalized spacial score (nSPS) is 25.5. The van der Waals surface area contributed by atoms with E-state index in [1.54, 1.807) is 4.90 Å². The van der Waals surface area contributed by atoms with Crippen LogP contribution in [0.15, 0.2) is 30.3 Å². The molecule has 1 aliphatic heterocycles. The third-order valence-electron chi connectivity index (χ3n) is 3.85. The van der Waals surface area contributed by atoms with Gasteiger partial charge in [-0.15, -0.1) is 0 Å². The molecule has 1 saturated heterocycles. The van der Waals surface area contributed by atoms with Gasteiger partial charge >= 0.3 is 6.09 Å². The minimum Gasteiger partial charge on any atom is -0.445 e. The molecule has 4 heteroatoms. The molecule has 0 aromatic heterocycles. The first-order valence-corrected chi connectivity index (χ1v) is 6.79. The van der Waals surface area contributed by atoms with E-state index >= 15 is 0 Å². The Morgan fingerprint density at radius 3 is 2.84 bits per heavy atom. The van der Waals surface area contributed by atoms with Crippen LogP contribution in [-0.4, -0.2) is 28.9 Å². The predicted octanol–water partition coefficient (Wildman–Crippen LogP) is 2.52. The average Bonchev–Trinajstić information content (AvgIpc) is 3.17. The molecule has 1 amide bonds. The van der Waals surface area contributed by atoms with E-state index < -0.39 is 0 Å². The van der Waals surface area contributed by atoms with Gasteiger partial charge in [-0.2, -0.15) is 0 Å². The Morgan fingerprint density at radius 2 is 2.05 bits per heavy atom. The van der Waals surface area contributed by atoms with Gasteiger partial charge in [0.2, 0.25) is 0 Å². The maximum Gasteiger partial charge on any atom is 0.411 e. The molecule has 2 aliphatic rings. The molecule has 0 N–H and O–H groups in total. The molecule has 0 spiro atoms. The van der Waals surface area contributed by atoms with E-state index in [0.29, 0.717) is 6.42 Å². The van der Waals surface area contributed by atoms with Crippen molar-refractivity contribution in [2.24, 2.45) is 0 Å². The third-order valence-corrected chi connectivity index (χ3v) is 3.85. The molecule has 4 nitrogen and oxygen atoms in total. The minimum atomic E-state index is -0.353. The van der Waals surface area contributed by atoms with Crippen molar-refractivity contribution in [1.29, 1.82) is 0 Å². The Labute approximate surface area is 112 Å². The highest BCUT2D eigenvalue weighted by molar-refractivity contribution is 5.93. The van der Waals surface area contributed by atoms with Crippen LogP contribution in [0.1, 0.15) is 31.2 Å². The fourth-order valence-corrected chi connectivity index (χ4v) is 2.79. The van der Waals surface area contributed by atoms with Gasteiger partial charge in [-0.25, -0.2) is 4.79 Å². The molecule has 2 fully saturated rings. The molecular formula is C15H17NO3. The molecule has 0 bridgehead atoms. The summed E-state index contributed by atoms with van der Waals surface area (Å²) in [6.07, 6.45) is 3.16. The molecular weight excluding hydrogens is 242 g/mol. The van der Waals surface area contributed by atoms with Crippen LogP contribution in [-0.2, 0) is 16.1 Å². The molecule has 0 radical (unpaired) electrons. The molecule has 100 valence electrons. The summed E-state index contributed by atoms with van der Waals surface area (Å²) >= 11 is 0. The first-order chi connectivity index (χ1) is 9.27. The molecule has 1 aliphatic carbocycles. The Kier molecular flexibility index (Phi) is 3.23. The van der Waals surface area contributed by atoms with Crippen molar-refractivity contribution in [3.8, 4) is 0 Å². The van der Waals surface area contributed by atoms with E-state index in [1.807, 2.05) is 30.3 Å². The lowest BCUT2D eigenvalue weighted by atomic mass is 10.2. The van der Waals surface area contributed by atoms with Crippen molar-refractivity contribution in [2.75, 3.05) is 0 Å². The van der Waals surface area contributed by atoms with Crippen LogP contribution < -0.4 is 0 Å². The number of likely N-dealkylation sites (tertiary alicyclic amines) is 1. The number of fused-ring (bicyclic) bond motifs is 1. The van der Waals surface area contributed by atoms with Gasteiger partial charge in [0.25, 0.3) is 0 Å². The Hall–Kier alpha value is -1.84. The first-order valence-electron chi connectivity index (χ1n) is 6.79. The second kappa shape index (κ2) is 5.03. The van der Waals surface area contributed by atoms with Crippen LogP contribution in [0.2, 0.25) is 0 Å². The fraction of sp³-hybridized carbons (Fsp3) is 0.467. The summed E-state index contributed by atoms with van der Waals surface area (Å²) in [5, 5.41) is 0. The molecule has 1 saturated carbocycles. The quantitative estimate of drug-likeness (QED) is 0.767. The van der Waals surface area contributed by atoms with Crippen molar-refractivity contribution in [1.82, 2.24) is 4.90 Å². The van der Waals surface area contributed by atoms with Crippen LogP contribution in [0, 0.1) is 0 Å². The smallest absolute Gasteiger partial charge is 0.411 e. The molecule has 19 heavy (non-hydrogen) atoms. The van der Waals surface area contributed by atoms with Crippen molar-refractivity contribution < 1.29 is 14.3 Å². The third kappa shape index (κ3) is 2.48. The number of rotatable bonds is 2. The summed E-state index contributed by atoms with van der Waals surface area (Å²) in [6.45, 7) is 0.268. The number of ketones is 1. The van der Waals surface area contributed by atoms with E-state index in [2.05, 4.69) is 0 Å². The lowest BCUT2D eigenvalue weighted by molar-refractivity contribution is -0.119. The van der Waals surface area contributed by atoms with Crippen molar-refractivity contribution in [3.63, 3.8) is 0 Å². The van der Waals surface area contributed by atoms with Crippen molar-refractivity contribution >= 4 is 11.9 Å². The lowest BCUT2D eigenvalue weighted by Gasteiger charge is -2.08. The van der Waals surface area contributed by atoms with Gasteiger partial charge in [0.1, 0.15) is 12.6 Å². The summed E-state index contributed by atoms with van der Waals surface area (Å²) in [6, 6.07) is 9.47. The highest BCUT2D eigenvalue weighted by atomic mass is 16.6. The van der Waals surface area contributed by atoms with Crippen molar-refractivity contribution in [3.05, 3.63) is 35.9 Å². The molecule has 1 heterocycles. The average molecular weight is 259 g/mol. The number of Topliss-reactive ketones (excluding diaryl/α,β-unsaturated/α-hetero) is 1. The highest BCUT2D eigenvalue weighted by Gasteiger charge is 2.56. The monoisotopic (exact) mass is 259 g/mol. The molecule has 0 unspecified atom stereocenters. The number of carbonyl (C=O) groups is 2. The standard InChI is InChI=1S/C15H17NO3/c17-13-9-5-4-8-12-14(13)16(12)15(18)19-10-11-6-2-1-3-7-11/h1-3,6-7,12,14H,4-5,8-10H2/t12-,14-,16?/m0/s1. The molecule has 1 aromatic rings. The Bertz CT molecular complexity index is 485. The maximum absolute atomic E-state index is 12.0. The zero-order valence-electron chi connectivity index (χ0n) is 10.7. The zero-order valence-corrected chi connectivity index (χ0v) is 10.7. The van der Waals surface area contributed by atoms with Crippen LogP contribution in [0.5, 0.6) is 0 Å². The summed E-state index contributed by atoms with van der Waals surface area (Å²) in [5.74, 6) is 0.194. The van der Waals surface area contributed by atoms with Gasteiger partial charge < -0.3 is 4.74 Å². The summed E-state index contributed by atoms with van der Waals surface area (Å²) < 4.78 is 5.27. The minimum absolute atomic E-state index is 0.0956.